The van der Waals surface area contributed by atoms with Gasteiger partial charge in [-0.1, -0.05) is 42.5 Å². The van der Waals surface area contributed by atoms with E-state index in [0.29, 0.717) is 12.4 Å². The van der Waals surface area contributed by atoms with Gasteiger partial charge in [0.05, 0.1) is 12.6 Å². The Morgan fingerprint density at radius 1 is 1.14 bits per heavy atom. The van der Waals surface area contributed by atoms with Gasteiger partial charge in [-0.05, 0) is 49.5 Å². The molecule has 0 unspecified atom stereocenters. The van der Waals surface area contributed by atoms with Crippen molar-refractivity contribution in [2.24, 2.45) is 0 Å². The second kappa shape index (κ2) is 9.92. The summed E-state index contributed by atoms with van der Waals surface area (Å²) < 4.78 is 10.7. The first kappa shape index (κ1) is 20.6. The van der Waals surface area contributed by atoms with Crippen LogP contribution in [-0.2, 0) is 20.7 Å². The largest absolute Gasteiger partial charge is 0.493 e. The minimum absolute atomic E-state index is 0.0276. The van der Waals surface area contributed by atoms with Crippen LogP contribution in [-0.4, -0.2) is 37.0 Å². The van der Waals surface area contributed by atoms with Gasteiger partial charge in [0.2, 0.25) is 0 Å². The number of aryl methyl sites for hydroxylation is 1. The third-order valence-corrected chi connectivity index (χ3v) is 5.15. The van der Waals surface area contributed by atoms with Gasteiger partial charge in [-0.15, -0.1) is 0 Å². The van der Waals surface area contributed by atoms with Gasteiger partial charge in [-0.3, -0.25) is 4.79 Å². The van der Waals surface area contributed by atoms with Crippen LogP contribution in [0.2, 0.25) is 0 Å². The van der Waals surface area contributed by atoms with Crippen molar-refractivity contribution in [3.63, 3.8) is 0 Å². The topological polar surface area (TPSA) is 55.8 Å². The molecule has 5 heteroatoms. The number of esters is 1. The average Bonchev–Trinajstić information content (AvgIpc) is 2.76. The van der Waals surface area contributed by atoms with Gasteiger partial charge in [0.25, 0.3) is 5.91 Å². The molecule has 0 spiro atoms. The van der Waals surface area contributed by atoms with Crippen LogP contribution in [0.3, 0.4) is 0 Å². The molecule has 0 N–H and O–H groups in total. The Balaban J connectivity index is 1.56. The van der Waals surface area contributed by atoms with E-state index < -0.39 is 5.97 Å². The van der Waals surface area contributed by atoms with Crippen LogP contribution < -0.4 is 4.74 Å². The first-order valence-corrected chi connectivity index (χ1v) is 10.00. The quantitative estimate of drug-likeness (QED) is 0.523. The van der Waals surface area contributed by atoms with Crippen LogP contribution in [0.5, 0.6) is 5.75 Å². The third-order valence-electron chi connectivity index (χ3n) is 5.15. The Hall–Kier alpha value is -3.08. The predicted molar refractivity (Wildman–Crippen MR) is 112 cm³/mol. The maximum atomic E-state index is 12.6. The lowest BCUT2D eigenvalue weighted by Gasteiger charge is -2.33. The summed E-state index contributed by atoms with van der Waals surface area (Å²) in [5.41, 5.74) is 3.26. The zero-order chi connectivity index (χ0) is 20.6. The van der Waals surface area contributed by atoms with Crippen LogP contribution in [0.25, 0.3) is 6.08 Å². The molecule has 3 rings (SSSR count). The molecule has 0 aliphatic heterocycles. The first-order chi connectivity index (χ1) is 14.1. The van der Waals surface area contributed by atoms with Gasteiger partial charge in [-0.25, -0.2) is 4.79 Å². The fraction of sp³-hybridized carbons (Fsp3) is 0.333. The molecule has 0 aromatic heterocycles. The maximum Gasteiger partial charge on any atom is 0.331 e. The Morgan fingerprint density at radius 2 is 1.90 bits per heavy atom. The second-order valence-corrected chi connectivity index (χ2v) is 7.02. The normalized spacial score (nSPS) is 15.6. The van der Waals surface area contributed by atoms with Crippen molar-refractivity contribution in [3.05, 3.63) is 71.3 Å². The van der Waals surface area contributed by atoms with Crippen LogP contribution in [0.4, 0.5) is 0 Å². The summed E-state index contributed by atoms with van der Waals surface area (Å²) in [6.45, 7) is 2.17. The molecule has 0 bridgehead atoms. The van der Waals surface area contributed by atoms with Gasteiger partial charge in [0, 0.05) is 18.7 Å². The van der Waals surface area contributed by atoms with Crippen LogP contribution in [0, 0.1) is 0 Å². The van der Waals surface area contributed by atoms with E-state index in [1.165, 1.54) is 17.2 Å². The van der Waals surface area contributed by atoms with Crippen LogP contribution in [0.1, 0.15) is 42.5 Å². The molecule has 29 heavy (non-hydrogen) atoms. The highest BCUT2D eigenvalue weighted by molar-refractivity contribution is 5.89. The summed E-state index contributed by atoms with van der Waals surface area (Å²) in [6, 6.07) is 15.7. The standard InChI is InChI=1S/C24H27NO4/c1-3-28-22-14-7-5-10-19(22)15-16-24(27)29-17-23(26)25(2)21-13-8-11-18-9-4-6-12-20(18)21/h4-7,9-10,12,14-16,21H,3,8,11,13,17H2,1-2H3/b16-15+/t21-/m1/s1. The molecule has 1 amide bonds. The number of carbonyl (C=O) groups excluding carboxylic acids is 2. The zero-order valence-corrected chi connectivity index (χ0v) is 17.0. The van der Waals surface area contributed by atoms with E-state index in [2.05, 4.69) is 12.1 Å². The van der Waals surface area contributed by atoms with E-state index in [1.807, 2.05) is 43.3 Å². The average molecular weight is 393 g/mol. The van der Waals surface area contributed by atoms with E-state index in [9.17, 15) is 9.59 Å². The molecular weight excluding hydrogens is 366 g/mol. The van der Waals surface area contributed by atoms with E-state index >= 15 is 0 Å². The molecule has 0 saturated heterocycles. The summed E-state index contributed by atoms with van der Waals surface area (Å²) in [7, 11) is 1.77. The lowest BCUT2D eigenvalue weighted by Crippen LogP contribution is -2.36. The van der Waals surface area contributed by atoms with Crippen molar-refractivity contribution in [1.29, 1.82) is 0 Å². The number of ether oxygens (including phenoxy) is 2. The lowest BCUT2D eigenvalue weighted by molar-refractivity contribution is -0.148. The molecule has 1 atom stereocenters. The molecule has 0 heterocycles. The summed E-state index contributed by atoms with van der Waals surface area (Å²) in [5, 5.41) is 0. The predicted octanol–water partition coefficient (Wildman–Crippen LogP) is 4.18. The Bertz CT molecular complexity index is 890. The SMILES string of the molecule is CCOc1ccccc1/C=C/C(=O)OCC(=O)N(C)[C@@H]1CCCc2ccccc21. The van der Waals surface area contributed by atoms with Gasteiger partial charge in [0.1, 0.15) is 5.75 Å². The van der Waals surface area contributed by atoms with Gasteiger partial charge in [-0.2, -0.15) is 0 Å². The van der Waals surface area contributed by atoms with E-state index in [0.717, 1.165) is 24.8 Å². The number of para-hydroxylation sites is 1. The maximum absolute atomic E-state index is 12.6. The number of fused-ring (bicyclic) bond motifs is 1. The summed E-state index contributed by atoms with van der Waals surface area (Å²) in [4.78, 5) is 26.3. The summed E-state index contributed by atoms with van der Waals surface area (Å²) in [6.07, 6.45) is 5.96. The van der Waals surface area contributed by atoms with Crippen molar-refractivity contribution < 1.29 is 19.1 Å². The molecule has 152 valence electrons. The monoisotopic (exact) mass is 393 g/mol. The van der Waals surface area contributed by atoms with E-state index in [-0.39, 0.29) is 18.6 Å². The smallest absolute Gasteiger partial charge is 0.331 e. The van der Waals surface area contributed by atoms with Crippen LogP contribution >= 0.6 is 0 Å². The van der Waals surface area contributed by atoms with E-state index in [4.69, 9.17) is 9.47 Å². The van der Waals surface area contributed by atoms with Crippen molar-refractivity contribution >= 4 is 18.0 Å². The number of benzene rings is 2. The minimum Gasteiger partial charge on any atom is -0.493 e. The number of hydrogen-bond acceptors (Lipinski definition) is 4. The molecular formula is C24H27NO4. The van der Waals surface area contributed by atoms with Crippen molar-refractivity contribution in [3.8, 4) is 5.75 Å². The number of nitrogens with zero attached hydrogens (tertiary/aromatic N) is 1. The number of hydrogen-bond donors (Lipinski definition) is 0. The molecule has 0 fully saturated rings. The molecule has 2 aromatic rings. The van der Waals surface area contributed by atoms with Crippen molar-refractivity contribution in [2.75, 3.05) is 20.3 Å². The van der Waals surface area contributed by atoms with Gasteiger partial charge >= 0.3 is 5.97 Å². The fourth-order valence-corrected chi connectivity index (χ4v) is 3.65. The Morgan fingerprint density at radius 3 is 2.72 bits per heavy atom. The number of carbonyl (C=O) groups is 2. The first-order valence-electron chi connectivity index (χ1n) is 10.00. The highest BCUT2D eigenvalue weighted by atomic mass is 16.5. The lowest BCUT2D eigenvalue weighted by atomic mass is 9.87. The highest BCUT2D eigenvalue weighted by Gasteiger charge is 2.26. The van der Waals surface area contributed by atoms with Crippen molar-refractivity contribution in [2.45, 2.75) is 32.2 Å². The molecule has 1 aliphatic carbocycles. The number of amides is 1. The summed E-state index contributed by atoms with van der Waals surface area (Å²) >= 11 is 0. The van der Waals surface area contributed by atoms with Crippen molar-refractivity contribution in [1.82, 2.24) is 4.90 Å². The fourth-order valence-electron chi connectivity index (χ4n) is 3.65. The van der Waals surface area contributed by atoms with Gasteiger partial charge in [0.15, 0.2) is 6.61 Å². The molecule has 5 nitrogen and oxygen atoms in total. The zero-order valence-electron chi connectivity index (χ0n) is 17.0. The third kappa shape index (κ3) is 5.25. The second-order valence-electron chi connectivity index (χ2n) is 7.02. The number of rotatable bonds is 7. The van der Waals surface area contributed by atoms with E-state index in [1.54, 1.807) is 18.0 Å². The highest BCUT2D eigenvalue weighted by Crippen LogP contribution is 2.33. The molecule has 1 aliphatic rings. The van der Waals surface area contributed by atoms with Gasteiger partial charge < -0.3 is 14.4 Å². The number of likely N-dealkylation sites (N-methyl/N-ethyl adjacent to an activating group) is 1. The Labute approximate surface area is 171 Å². The molecule has 0 radical (unpaired) electrons. The Kier molecular flexibility index (Phi) is 7.06. The summed E-state index contributed by atoms with van der Waals surface area (Å²) in [5.74, 6) is -0.0592. The van der Waals surface area contributed by atoms with Crippen LogP contribution in [0.15, 0.2) is 54.6 Å². The minimum atomic E-state index is -0.554. The molecule has 0 saturated carbocycles. The molecule has 2 aromatic carbocycles.